The van der Waals surface area contributed by atoms with Crippen LogP contribution < -0.4 is 11.3 Å². The van der Waals surface area contributed by atoms with E-state index in [-0.39, 0.29) is 24.1 Å². The quantitative estimate of drug-likeness (QED) is 0.880. The third kappa shape index (κ3) is 2.43. The fourth-order valence-electron chi connectivity index (χ4n) is 3.98. The summed E-state index contributed by atoms with van der Waals surface area (Å²) in [5, 5.41) is 0.545. The molecule has 1 aromatic carbocycles. The summed E-state index contributed by atoms with van der Waals surface area (Å²) in [6, 6.07) is 7.40. The van der Waals surface area contributed by atoms with Crippen molar-refractivity contribution in [3.63, 3.8) is 0 Å². The number of likely N-dealkylation sites (tertiary alicyclic amines) is 1. The molecule has 1 amide bonds. The predicted octanol–water partition coefficient (Wildman–Crippen LogP) is 0.592. The number of nitrogens with zero attached hydrogens (tertiary/aromatic N) is 3. The first-order valence-electron chi connectivity index (χ1n) is 8.11. The molecule has 2 N–H and O–H groups in total. The Balaban J connectivity index is 1.53. The van der Waals surface area contributed by atoms with Gasteiger partial charge in [0.05, 0.1) is 17.2 Å². The van der Waals surface area contributed by atoms with E-state index >= 15 is 0 Å². The molecule has 3 unspecified atom stereocenters. The Morgan fingerprint density at radius 1 is 1.26 bits per heavy atom. The maximum atomic E-state index is 12.5. The molecular weight excluding hydrogens is 292 g/mol. The zero-order chi connectivity index (χ0) is 16.0. The van der Waals surface area contributed by atoms with E-state index in [0.717, 1.165) is 25.9 Å². The van der Waals surface area contributed by atoms with Gasteiger partial charge in [-0.3, -0.25) is 14.2 Å². The van der Waals surface area contributed by atoms with E-state index in [1.165, 1.54) is 10.9 Å². The average Bonchev–Trinajstić information content (AvgIpc) is 3.13. The van der Waals surface area contributed by atoms with E-state index < -0.39 is 0 Å². The SMILES string of the molecule is NC1CCC2CN(C(=O)Cn3cnc4ccccc4c3=O)CC12. The molecule has 2 fully saturated rings. The zero-order valence-electron chi connectivity index (χ0n) is 12.9. The average molecular weight is 312 g/mol. The Labute approximate surface area is 133 Å². The van der Waals surface area contributed by atoms with Crippen LogP contribution in [0.1, 0.15) is 12.8 Å². The topological polar surface area (TPSA) is 81.2 Å². The highest BCUT2D eigenvalue weighted by molar-refractivity contribution is 5.79. The number of rotatable bonds is 2. The smallest absolute Gasteiger partial charge is 0.261 e. The van der Waals surface area contributed by atoms with Crippen molar-refractivity contribution in [3.8, 4) is 0 Å². The van der Waals surface area contributed by atoms with Gasteiger partial charge < -0.3 is 10.6 Å². The summed E-state index contributed by atoms with van der Waals surface area (Å²) in [6.45, 7) is 1.54. The van der Waals surface area contributed by atoms with Gasteiger partial charge in [-0.05, 0) is 36.8 Å². The fourth-order valence-corrected chi connectivity index (χ4v) is 3.98. The Morgan fingerprint density at radius 3 is 2.91 bits per heavy atom. The van der Waals surface area contributed by atoms with Gasteiger partial charge in [0.15, 0.2) is 0 Å². The van der Waals surface area contributed by atoms with Crippen LogP contribution in [0.3, 0.4) is 0 Å². The molecule has 1 saturated carbocycles. The largest absolute Gasteiger partial charge is 0.341 e. The maximum Gasteiger partial charge on any atom is 0.261 e. The molecule has 2 aromatic rings. The van der Waals surface area contributed by atoms with Gasteiger partial charge in [0, 0.05) is 19.1 Å². The highest BCUT2D eigenvalue weighted by Crippen LogP contribution is 2.37. The summed E-state index contributed by atoms with van der Waals surface area (Å²) in [6.07, 6.45) is 3.63. The van der Waals surface area contributed by atoms with Crippen molar-refractivity contribution in [2.45, 2.75) is 25.4 Å². The Hall–Kier alpha value is -2.21. The minimum absolute atomic E-state index is 0.0224. The van der Waals surface area contributed by atoms with Crippen LogP contribution in [-0.4, -0.2) is 39.5 Å². The van der Waals surface area contributed by atoms with E-state index in [9.17, 15) is 9.59 Å². The van der Waals surface area contributed by atoms with Gasteiger partial charge in [-0.1, -0.05) is 12.1 Å². The summed E-state index contributed by atoms with van der Waals surface area (Å²) >= 11 is 0. The molecule has 2 aliphatic rings. The Morgan fingerprint density at radius 2 is 2.09 bits per heavy atom. The summed E-state index contributed by atoms with van der Waals surface area (Å²) in [7, 11) is 0. The van der Waals surface area contributed by atoms with Crippen LogP contribution in [0.2, 0.25) is 0 Å². The highest BCUT2D eigenvalue weighted by atomic mass is 16.2. The van der Waals surface area contributed by atoms with Crippen molar-refractivity contribution >= 4 is 16.8 Å². The molecule has 2 heterocycles. The fraction of sp³-hybridized carbons (Fsp3) is 0.471. The van der Waals surface area contributed by atoms with Gasteiger partial charge in [0.25, 0.3) is 5.56 Å². The van der Waals surface area contributed by atoms with Crippen molar-refractivity contribution < 1.29 is 4.79 Å². The van der Waals surface area contributed by atoms with Crippen LogP contribution in [0, 0.1) is 11.8 Å². The first kappa shape index (κ1) is 14.4. The number of hydrogen-bond acceptors (Lipinski definition) is 4. The highest BCUT2D eigenvalue weighted by Gasteiger charge is 2.42. The first-order chi connectivity index (χ1) is 11.1. The third-order valence-corrected chi connectivity index (χ3v) is 5.30. The van der Waals surface area contributed by atoms with E-state index in [4.69, 9.17) is 5.73 Å². The second kappa shape index (κ2) is 5.45. The van der Waals surface area contributed by atoms with Crippen LogP contribution in [0.5, 0.6) is 0 Å². The molecule has 1 aliphatic heterocycles. The molecule has 1 aliphatic carbocycles. The second-order valence-electron chi connectivity index (χ2n) is 6.66. The minimum atomic E-state index is -0.167. The summed E-state index contributed by atoms with van der Waals surface area (Å²) in [5.41, 5.74) is 6.61. The number of carbonyl (C=O) groups excluding carboxylic acids is 1. The molecule has 120 valence electrons. The molecule has 1 aromatic heterocycles. The van der Waals surface area contributed by atoms with E-state index in [2.05, 4.69) is 4.98 Å². The molecule has 1 saturated heterocycles. The molecule has 6 nitrogen and oxygen atoms in total. The van der Waals surface area contributed by atoms with Crippen molar-refractivity contribution in [1.82, 2.24) is 14.5 Å². The van der Waals surface area contributed by atoms with E-state index in [1.54, 1.807) is 18.2 Å². The lowest BCUT2D eigenvalue weighted by Gasteiger charge is -2.19. The lowest BCUT2D eigenvalue weighted by molar-refractivity contribution is -0.131. The van der Waals surface area contributed by atoms with Crippen molar-refractivity contribution in [2.24, 2.45) is 17.6 Å². The normalized spacial score (nSPS) is 26.7. The lowest BCUT2D eigenvalue weighted by Crippen LogP contribution is -2.37. The van der Waals surface area contributed by atoms with Gasteiger partial charge in [0.2, 0.25) is 5.91 Å². The number of carbonyl (C=O) groups is 1. The monoisotopic (exact) mass is 312 g/mol. The lowest BCUT2D eigenvalue weighted by atomic mass is 9.98. The zero-order valence-corrected chi connectivity index (χ0v) is 12.9. The Bertz CT molecular complexity index is 816. The molecule has 0 spiro atoms. The van der Waals surface area contributed by atoms with E-state index in [0.29, 0.717) is 22.7 Å². The number of benzene rings is 1. The number of para-hydroxylation sites is 1. The van der Waals surface area contributed by atoms with Gasteiger partial charge in [-0.25, -0.2) is 4.98 Å². The molecule has 0 bridgehead atoms. The molecular formula is C17H20N4O2. The van der Waals surface area contributed by atoms with Crippen LogP contribution in [-0.2, 0) is 11.3 Å². The molecule has 6 heteroatoms. The second-order valence-corrected chi connectivity index (χ2v) is 6.66. The number of hydrogen-bond donors (Lipinski definition) is 1. The van der Waals surface area contributed by atoms with Gasteiger partial charge in [-0.15, -0.1) is 0 Å². The van der Waals surface area contributed by atoms with Gasteiger partial charge >= 0.3 is 0 Å². The Kier molecular flexibility index (Phi) is 3.41. The molecule has 0 radical (unpaired) electrons. The number of aromatic nitrogens is 2. The summed E-state index contributed by atoms with van der Waals surface area (Å²) < 4.78 is 1.40. The number of amides is 1. The van der Waals surface area contributed by atoms with Crippen molar-refractivity contribution in [1.29, 1.82) is 0 Å². The number of nitrogens with two attached hydrogens (primary N) is 1. The first-order valence-corrected chi connectivity index (χ1v) is 8.11. The van der Waals surface area contributed by atoms with Crippen LogP contribution in [0.15, 0.2) is 35.4 Å². The van der Waals surface area contributed by atoms with E-state index in [1.807, 2.05) is 11.0 Å². The van der Waals surface area contributed by atoms with Crippen LogP contribution in [0.4, 0.5) is 0 Å². The van der Waals surface area contributed by atoms with Crippen molar-refractivity contribution in [2.75, 3.05) is 13.1 Å². The standard InChI is InChI=1S/C17H20N4O2/c18-14-6-5-11-7-20(8-13(11)14)16(22)9-21-10-19-15-4-2-1-3-12(15)17(21)23/h1-4,10-11,13-14H,5-9,18H2. The van der Waals surface area contributed by atoms with Gasteiger partial charge in [0.1, 0.15) is 6.54 Å². The third-order valence-electron chi connectivity index (χ3n) is 5.30. The van der Waals surface area contributed by atoms with Crippen LogP contribution >= 0.6 is 0 Å². The summed E-state index contributed by atoms with van der Waals surface area (Å²) in [5.74, 6) is 0.927. The molecule has 3 atom stereocenters. The maximum absolute atomic E-state index is 12.5. The van der Waals surface area contributed by atoms with Crippen LogP contribution in [0.25, 0.3) is 10.9 Å². The van der Waals surface area contributed by atoms with Crippen molar-refractivity contribution in [3.05, 3.63) is 40.9 Å². The number of fused-ring (bicyclic) bond motifs is 2. The molecule has 4 rings (SSSR count). The minimum Gasteiger partial charge on any atom is -0.341 e. The summed E-state index contributed by atoms with van der Waals surface area (Å²) in [4.78, 5) is 31.1. The molecule has 23 heavy (non-hydrogen) atoms. The predicted molar refractivity (Wildman–Crippen MR) is 86.8 cm³/mol. The van der Waals surface area contributed by atoms with Gasteiger partial charge in [-0.2, -0.15) is 0 Å².